The topological polar surface area (TPSA) is 42.7 Å². The van der Waals surface area contributed by atoms with Crippen LogP contribution in [0.5, 0.6) is 0 Å². The van der Waals surface area contributed by atoms with E-state index in [2.05, 4.69) is 35.3 Å². The highest BCUT2D eigenvalue weighted by molar-refractivity contribution is 6.34. The first kappa shape index (κ1) is 16.3. The molecule has 0 saturated heterocycles. The normalized spacial score (nSPS) is 12.6. The predicted molar refractivity (Wildman–Crippen MR) is 87.0 cm³/mol. The first-order valence-corrected chi connectivity index (χ1v) is 7.88. The van der Waals surface area contributed by atoms with Crippen molar-refractivity contribution in [3.63, 3.8) is 0 Å². The molecule has 6 heteroatoms. The lowest BCUT2D eigenvalue weighted by Crippen LogP contribution is -2.22. The summed E-state index contributed by atoms with van der Waals surface area (Å²) in [6.07, 6.45) is 3.34. The molecule has 0 amide bonds. The summed E-state index contributed by atoms with van der Waals surface area (Å²) in [6.45, 7) is 5.06. The Labute approximate surface area is 135 Å². The van der Waals surface area contributed by atoms with Gasteiger partial charge in [-0.1, -0.05) is 30.1 Å². The van der Waals surface area contributed by atoms with Crippen molar-refractivity contribution >= 4 is 23.2 Å². The van der Waals surface area contributed by atoms with E-state index in [1.54, 1.807) is 12.3 Å². The molecule has 0 bridgehead atoms. The Balaban J connectivity index is 2.28. The van der Waals surface area contributed by atoms with Crippen LogP contribution in [0.25, 0.3) is 0 Å². The molecule has 4 nitrogen and oxygen atoms in total. The lowest BCUT2D eigenvalue weighted by Gasteiger charge is -2.17. The van der Waals surface area contributed by atoms with E-state index >= 15 is 0 Å². The van der Waals surface area contributed by atoms with Gasteiger partial charge in [0, 0.05) is 24.9 Å². The van der Waals surface area contributed by atoms with Gasteiger partial charge in [0.2, 0.25) is 0 Å². The van der Waals surface area contributed by atoms with Crippen LogP contribution in [0.3, 0.4) is 0 Å². The summed E-state index contributed by atoms with van der Waals surface area (Å²) < 4.78 is 2.03. The van der Waals surface area contributed by atoms with Crippen molar-refractivity contribution in [2.24, 2.45) is 0 Å². The Morgan fingerprint density at radius 1 is 1.29 bits per heavy atom. The van der Waals surface area contributed by atoms with Crippen LogP contribution in [0.15, 0.2) is 18.3 Å². The van der Waals surface area contributed by atoms with E-state index in [4.69, 9.17) is 23.2 Å². The first-order chi connectivity index (χ1) is 10.1. The molecule has 1 N–H and O–H groups in total. The number of halogens is 2. The maximum atomic E-state index is 6.27. The summed E-state index contributed by atoms with van der Waals surface area (Å²) in [5, 5.41) is 8.98. The van der Waals surface area contributed by atoms with Gasteiger partial charge >= 0.3 is 0 Å². The van der Waals surface area contributed by atoms with Crippen molar-refractivity contribution in [3.05, 3.63) is 45.5 Å². The number of likely N-dealkylation sites (N-methyl/N-ethyl adjacent to an activating group) is 1. The van der Waals surface area contributed by atoms with E-state index in [9.17, 15) is 0 Å². The molecule has 0 radical (unpaired) electrons. The van der Waals surface area contributed by atoms with Crippen LogP contribution >= 0.6 is 23.2 Å². The van der Waals surface area contributed by atoms with Crippen LogP contribution < -0.4 is 5.32 Å². The molecular formula is C15H20Cl2N4. The van der Waals surface area contributed by atoms with Crippen LogP contribution in [0, 0.1) is 0 Å². The number of rotatable bonds is 6. The van der Waals surface area contributed by atoms with Gasteiger partial charge in [-0.15, -0.1) is 0 Å². The van der Waals surface area contributed by atoms with Crippen molar-refractivity contribution < 1.29 is 0 Å². The third kappa shape index (κ3) is 3.76. The summed E-state index contributed by atoms with van der Waals surface area (Å²) in [6, 6.07) is 3.91. The van der Waals surface area contributed by atoms with Crippen LogP contribution in [0.1, 0.15) is 37.0 Å². The first-order valence-electron chi connectivity index (χ1n) is 7.12. The largest absolute Gasteiger partial charge is 0.311 e. The molecule has 2 aromatic rings. The van der Waals surface area contributed by atoms with Crippen LogP contribution in [-0.4, -0.2) is 21.8 Å². The maximum Gasteiger partial charge on any atom is 0.0764 e. The van der Waals surface area contributed by atoms with Gasteiger partial charge in [0.15, 0.2) is 0 Å². The van der Waals surface area contributed by atoms with Gasteiger partial charge in [-0.3, -0.25) is 9.67 Å². The smallest absolute Gasteiger partial charge is 0.0764 e. The fraction of sp³-hybridized carbons (Fsp3) is 0.467. The fourth-order valence-corrected chi connectivity index (χ4v) is 2.86. The molecule has 0 aliphatic rings. The highest BCUT2D eigenvalue weighted by Gasteiger charge is 2.18. The molecule has 0 saturated carbocycles. The second kappa shape index (κ2) is 7.25. The van der Waals surface area contributed by atoms with E-state index in [1.165, 1.54) is 5.69 Å². The van der Waals surface area contributed by atoms with Crippen LogP contribution in [0.2, 0.25) is 10.0 Å². The summed E-state index contributed by atoms with van der Waals surface area (Å²) in [5.74, 6) is 0. The lowest BCUT2D eigenvalue weighted by atomic mass is 10.1. The Hall–Kier alpha value is -1.10. The van der Waals surface area contributed by atoms with Gasteiger partial charge in [-0.25, -0.2) is 0 Å². The molecule has 21 heavy (non-hydrogen) atoms. The third-order valence-corrected chi connectivity index (χ3v) is 4.01. The third-order valence-electron chi connectivity index (χ3n) is 3.50. The van der Waals surface area contributed by atoms with Gasteiger partial charge in [-0.2, -0.15) is 5.10 Å². The summed E-state index contributed by atoms with van der Waals surface area (Å²) >= 11 is 12.2. The Morgan fingerprint density at radius 3 is 2.62 bits per heavy atom. The van der Waals surface area contributed by atoms with Crippen LogP contribution in [-0.2, 0) is 19.4 Å². The van der Waals surface area contributed by atoms with E-state index in [1.807, 2.05) is 11.7 Å². The summed E-state index contributed by atoms with van der Waals surface area (Å²) in [5.41, 5.74) is 3.10. The minimum Gasteiger partial charge on any atom is -0.311 e. The van der Waals surface area contributed by atoms with Crippen molar-refractivity contribution in [2.75, 3.05) is 7.05 Å². The summed E-state index contributed by atoms with van der Waals surface area (Å²) in [4.78, 5) is 4.37. The molecular weight excluding hydrogens is 307 g/mol. The van der Waals surface area contributed by atoms with Crippen LogP contribution in [0.4, 0.5) is 0 Å². The molecule has 1 atom stereocenters. The van der Waals surface area contributed by atoms with Gasteiger partial charge in [0.05, 0.1) is 27.5 Å². The van der Waals surface area contributed by atoms with Gasteiger partial charge in [0.1, 0.15) is 0 Å². The zero-order valence-corrected chi connectivity index (χ0v) is 14.0. The number of hydrogen-bond acceptors (Lipinski definition) is 3. The highest BCUT2D eigenvalue weighted by Crippen LogP contribution is 2.26. The Morgan fingerprint density at radius 2 is 2.05 bits per heavy atom. The second-order valence-electron chi connectivity index (χ2n) is 4.86. The van der Waals surface area contributed by atoms with Crippen molar-refractivity contribution in [2.45, 2.75) is 39.3 Å². The zero-order chi connectivity index (χ0) is 15.4. The van der Waals surface area contributed by atoms with Gasteiger partial charge < -0.3 is 5.32 Å². The van der Waals surface area contributed by atoms with E-state index in [0.29, 0.717) is 10.0 Å². The number of nitrogens with one attached hydrogen (secondary N) is 1. The van der Waals surface area contributed by atoms with E-state index < -0.39 is 0 Å². The predicted octanol–water partition coefficient (Wildman–Crippen LogP) is 3.67. The lowest BCUT2D eigenvalue weighted by molar-refractivity contribution is 0.531. The molecule has 0 fully saturated rings. The number of nitrogens with zero attached hydrogens (tertiary/aromatic N) is 3. The van der Waals surface area contributed by atoms with Gasteiger partial charge in [0.25, 0.3) is 0 Å². The molecule has 0 aliphatic heterocycles. The van der Waals surface area contributed by atoms with Crippen molar-refractivity contribution in [1.29, 1.82) is 0 Å². The van der Waals surface area contributed by atoms with Gasteiger partial charge in [-0.05, 0) is 32.5 Å². The molecule has 0 aromatic carbocycles. The summed E-state index contributed by atoms with van der Waals surface area (Å²) in [7, 11) is 1.91. The minimum atomic E-state index is 0.0291. The molecule has 0 aliphatic carbocycles. The number of aromatic nitrogens is 3. The second-order valence-corrected chi connectivity index (χ2v) is 5.71. The SMILES string of the molecule is CCc1cc(CC(NC)c2ncc(Cl)cc2Cl)n(CC)n1. The average Bonchev–Trinajstić information content (AvgIpc) is 2.87. The quantitative estimate of drug-likeness (QED) is 0.880. The molecule has 0 spiro atoms. The highest BCUT2D eigenvalue weighted by atomic mass is 35.5. The number of hydrogen-bond donors (Lipinski definition) is 1. The molecule has 2 heterocycles. The molecule has 114 valence electrons. The fourth-order valence-electron chi connectivity index (χ4n) is 2.35. The Bertz CT molecular complexity index is 610. The number of aryl methyl sites for hydroxylation is 2. The zero-order valence-electron chi connectivity index (χ0n) is 12.5. The molecule has 2 rings (SSSR count). The number of pyridine rings is 1. The molecule has 1 unspecified atom stereocenters. The Kier molecular flexibility index (Phi) is 5.62. The van der Waals surface area contributed by atoms with Crippen molar-refractivity contribution in [3.8, 4) is 0 Å². The minimum absolute atomic E-state index is 0.0291. The average molecular weight is 327 g/mol. The standard InChI is InChI=1S/C15H20Cl2N4/c1-4-11-7-12(21(5-2)20-11)8-14(18-3)15-13(17)6-10(16)9-19-15/h6-7,9,14,18H,4-5,8H2,1-3H3. The van der Waals surface area contributed by atoms with E-state index in [0.717, 1.165) is 30.8 Å². The maximum absolute atomic E-state index is 6.27. The van der Waals surface area contributed by atoms with Crippen molar-refractivity contribution in [1.82, 2.24) is 20.1 Å². The molecule has 2 aromatic heterocycles. The monoisotopic (exact) mass is 326 g/mol. The van der Waals surface area contributed by atoms with E-state index in [-0.39, 0.29) is 6.04 Å².